The SMILES string of the molecule is Nc1nc(-n2ncc3ccccc32)nc(NCC2CC2)c1Br. The first kappa shape index (κ1) is 13.5. The van der Waals surface area contributed by atoms with Gasteiger partial charge in [0.25, 0.3) is 5.95 Å². The molecule has 0 aliphatic heterocycles. The summed E-state index contributed by atoms with van der Waals surface area (Å²) in [5, 5.41) is 8.77. The Kier molecular flexibility index (Phi) is 3.22. The fraction of sp³-hybridized carbons (Fsp3) is 0.267. The van der Waals surface area contributed by atoms with Gasteiger partial charge < -0.3 is 11.1 Å². The van der Waals surface area contributed by atoms with Crippen molar-refractivity contribution in [3.8, 4) is 5.95 Å². The molecule has 3 aromatic rings. The summed E-state index contributed by atoms with van der Waals surface area (Å²) >= 11 is 3.46. The molecule has 0 atom stereocenters. The van der Waals surface area contributed by atoms with E-state index in [0.717, 1.165) is 23.4 Å². The monoisotopic (exact) mass is 358 g/mol. The molecule has 0 bridgehead atoms. The van der Waals surface area contributed by atoms with E-state index in [1.54, 1.807) is 10.9 Å². The highest BCUT2D eigenvalue weighted by molar-refractivity contribution is 9.10. The van der Waals surface area contributed by atoms with Crippen LogP contribution in [-0.4, -0.2) is 26.3 Å². The Balaban J connectivity index is 1.77. The molecule has 22 heavy (non-hydrogen) atoms. The van der Waals surface area contributed by atoms with Crippen LogP contribution in [0.25, 0.3) is 16.9 Å². The van der Waals surface area contributed by atoms with Crippen LogP contribution in [0.2, 0.25) is 0 Å². The summed E-state index contributed by atoms with van der Waals surface area (Å²) in [6.07, 6.45) is 4.36. The molecule has 1 fully saturated rings. The molecule has 112 valence electrons. The number of anilines is 2. The maximum atomic E-state index is 6.01. The van der Waals surface area contributed by atoms with Gasteiger partial charge in [0.05, 0.1) is 11.7 Å². The van der Waals surface area contributed by atoms with E-state index in [4.69, 9.17) is 5.73 Å². The minimum Gasteiger partial charge on any atom is -0.383 e. The van der Waals surface area contributed by atoms with Crippen LogP contribution >= 0.6 is 15.9 Å². The average molecular weight is 359 g/mol. The molecule has 6 nitrogen and oxygen atoms in total. The fourth-order valence-electron chi connectivity index (χ4n) is 2.36. The summed E-state index contributed by atoms with van der Waals surface area (Å²) in [5.41, 5.74) is 6.97. The molecule has 1 saturated carbocycles. The maximum absolute atomic E-state index is 6.01. The summed E-state index contributed by atoms with van der Waals surface area (Å²) in [5.74, 6) is 2.34. The first-order valence-electron chi connectivity index (χ1n) is 7.22. The van der Waals surface area contributed by atoms with Gasteiger partial charge in [-0.05, 0) is 40.8 Å². The number of aromatic nitrogens is 4. The molecule has 1 aliphatic carbocycles. The Morgan fingerprint density at radius 2 is 2.09 bits per heavy atom. The zero-order valence-electron chi connectivity index (χ0n) is 11.8. The summed E-state index contributed by atoms with van der Waals surface area (Å²) in [4.78, 5) is 8.93. The molecule has 0 saturated heterocycles. The number of nitrogens with zero attached hydrogens (tertiary/aromatic N) is 4. The third kappa shape index (κ3) is 2.41. The van der Waals surface area contributed by atoms with Gasteiger partial charge in [0.2, 0.25) is 0 Å². The minimum absolute atomic E-state index is 0.405. The highest BCUT2D eigenvalue weighted by Gasteiger charge is 2.22. The summed E-state index contributed by atoms with van der Waals surface area (Å²) in [6, 6.07) is 7.94. The summed E-state index contributed by atoms with van der Waals surface area (Å²) in [6.45, 7) is 0.911. The van der Waals surface area contributed by atoms with Crippen molar-refractivity contribution in [3.05, 3.63) is 34.9 Å². The van der Waals surface area contributed by atoms with Crippen molar-refractivity contribution in [2.75, 3.05) is 17.6 Å². The van der Waals surface area contributed by atoms with Crippen molar-refractivity contribution >= 4 is 38.5 Å². The van der Waals surface area contributed by atoms with Crippen LogP contribution < -0.4 is 11.1 Å². The summed E-state index contributed by atoms with van der Waals surface area (Å²) < 4.78 is 2.41. The lowest BCUT2D eigenvalue weighted by molar-refractivity contribution is 0.825. The van der Waals surface area contributed by atoms with Crippen LogP contribution in [0, 0.1) is 5.92 Å². The number of benzene rings is 1. The first-order chi connectivity index (χ1) is 10.7. The van der Waals surface area contributed by atoms with Crippen LogP contribution in [0.1, 0.15) is 12.8 Å². The lowest BCUT2D eigenvalue weighted by atomic mass is 10.3. The van der Waals surface area contributed by atoms with Gasteiger partial charge in [-0.25, -0.2) is 0 Å². The number of rotatable bonds is 4. The first-order valence-corrected chi connectivity index (χ1v) is 8.01. The van der Waals surface area contributed by atoms with Crippen molar-refractivity contribution in [2.24, 2.45) is 5.92 Å². The number of nitrogens with one attached hydrogen (secondary N) is 1. The minimum atomic E-state index is 0.405. The molecule has 2 aromatic heterocycles. The normalized spacial score (nSPS) is 14.4. The zero-order valence-corrected chi connectivity index (χ0v) is 13.4. The Labute approximate surface area is 135 Å². The Morgan fingerprint density at radius 3 is 2.91 bits per heavy atom. The smallest absolute Gasteiger partial charge is 0.255 e. The van der Waals surface area contributed by atoms with E-state index < -0.39 is 0 Å². The van der Waals surface area contributed by atoms with E-state index >= 15 is 0 Å². The molecule has 1 aromatic carbocycles. The van der Waals surface area contributed by atoms with Gasteiger partial charge in [-0.3, -0.25) is 0 Å². The Bertz CT molecular complexity index is 839. The van der Waals surface area contributed by atoms with E-state index in [1.807, 2.05) is 24.3 Å². The maximum Gasteiger partial charge on any atom is 0.255 e. The predicted octanol–water partition coefficient (Wildman–Crippen LogP) is 2.98. The third-order valence-electron chi connectivity index (χ3n) is 3.79. The van der Waals surface area contributed by atoms with E-state index in [2.05, 4.69) is 36.3 Å². The van der Waals surface area contributed by atoms with E-state index in [1.165, 1.54) is 12.8 Å². The van der Waals surface area contributed by atoms with Crippen LogP contribution in [0.4, 0.5) is 11.6 Å². The molecule has 0 unspecified atom stereocenters. The Hall–Kier alpha value is -2.15. The van der Waals surface area contributed by atoms with Gasteiger partial charge in [-0.2, -0.15) is 19.7 Å². The average Bonchev–Trinajstić information content (AvgIpc) is 3.26. The molecule has 0 spiro atoms. The molecule has 0 amide bonds. The topological polar surface area (TPSA) is 81.7 Å². The number of nitrogen functional groups attached to an aromatic ring is 1. The highest BCUT2D eigenvalue weighted by Crippen LogP contribution is 2.31. The number of nitrogens with two attached hydrogens (primary N) is 1. The van der Waals surface area contributed by atoms with E-state index in [0.29, 0.717) is 22.1 Å². The second-order valence-electron chi connectivity index (χ2n) is 5.51. The fourth-order valence-corrected chi connectivity index (χ4v) is 2.68. The number of hydrogen-bond acceptors (Lipinski definition) is 5. The third-order valence-corrected chi connectivity index (χ3v) is 4.57. The largest absolute Gasteiger partial charge is 0.383 e. The molecular weight excluding hydrogens is 344 g/mol. The van der Waals surface area contributed by atoms with Gasteiger partial charge in [-0.15, -0.1) is 0 Å². The lowest BCUT2D eigenvalue weighted by Crippen LogP contribution is -2.12. The van der Waals surface area contributed by atoms with Gasteiger partial charge >= 0.3 is 0 Å². The number of fused-ring (bicyclic) bond motifs is 1. The van der Waals surface area contributed by atoms with Crippen LogP contribution in [0.5, 0.6) is 0 Å². The molecular formula is C15H15BrN6. The quantitative estimate of drug-likeness (QED) is 0.749. The van der Waals surface area contributed by atoms with E-state index in [9.17, 15) is 0 Å². The van der Waals surface area contributed by atoms with Crippen molar-refractivity contribution < 1.29 is 0 Å². The predicted molar refractivity (Wildman–Crippen MR) is 90.0 cm³/mol. The van der Waals surface area contributed by atoms with Crippen LogP contribution in [0.3, 0.4) is 0 Å². The van der Waals surface area contributed by atoms with Gasteiger partial charge in [0.1, 0.15) is 16.1 Å². The molecule has 7 heteroatoms. The lowest BCUT2D eigenvalue weighted by Gasteiger charge is -2.11. The highest BCUT2D eigenvalue weighted by atomic mass is 79.9. The van der Waals surface area contributed by atoms with Crippen molar-refractivity contribution in [1.82, 2.24) is 19.7 Å². The zero-order chi connectivity index (χ0) is 15.1. The van der Waals surface area contributed by atoms with E-state index in [-0.39, 0.29) is 0 Å². The standard InChI is InChI=1S/C15H15BrN6/c16-12-13(17)20-15(21-14(12)18-7-9-5-6-9)22-11-4-2-1-3-10(11)8-19-22/h1-4,8-9H,5-7H2,(H3,17,18,20,21). The van der Waals surface area contributed by atoms with Crippen LogP contribution in [-0.2, 0) is 0 Å². The van der Waals surface area contributed by atoms with Crippen LogP contribution in [0.15, 0.2) is 34.9 Å². The number of halogens is 1. The molecule has 3 N–H and O–H groups in total. The van der Waals surface area contributed by atoms with Gasteiger partial charge in [0.15, 0.2) is 0 Å². The molecule has 0 radical (unpaired) electrons. The van der Waals surface area contributed by atoms with Gasteiger partial charge in [-0.1, -0.05) is 18.2 Å². The molecule has 4 rings (SSSR count). The second kappa shape index (κ2) is 5.24. The number of hydrogen-bond donors (Lipinski definition) is 2. The second-order valence-corrected chi connectivity index (χ2v) is 6.30. The molecule has 2 heterocycles. The Morgan fingerprint density at radius 1 is 1.27 bits per heavy atom. The van der Waals surface area contributed by atoms with Crippen molar-refractivity contribution in [3.63, 3.8) is 0 Å². The number of para-hydroxylation sites is 1. The molecule has 1 aliphatic rings. The van der Waals surface area contributed by atoms with Crippen molar-refractivity contribution in [1.29, 1.82) is 0 Å². The van der Waals surface area contributed by atoms with Gasteiger partial charge in [0, 0.05) is 11.9 Å². The van der Waals surface area contributed by atoms with Crippen molar-refractivity contribution in [2.45, 2.75) is 12.8 Å². The summed E-state index contributed by atoms with van der Waals surface area (Å²) in [7, 11) is 0.